The SMILES string of the molecule is O=C(OCCCOC(=O)c1ccc2c(c1)C(=O)OC2=O)c1ccc2c(c1)C(=O)OC2=O. The molecule has 10 heteroatoms. The number of rotatable bonds is 6. The molecule has 10 nitrogen and oxygen atoms in total. The molecule has 0 fully saturated rings. The molecule has 0 N–H and O–H groups in total. The molecular weight excluding hydrogens is 412 g/mol. The quantitative estimate of drug-likeness (QED) is 0.291. The summed E-state index contributed by atoms with van der Waals surface area (Å²) in [5, 5.41) is 0. The van der Waals surface area contributed by atoms with Crippen LogP contribution in [-0.2, 0) is 18.9 Å². The molecule has 0 atom stereocenters. The fraction of sp³-hybridized carbons (Fsp3) is 0.143. The van der Waals surface area contributed by atoms with E-state index in [1.54, 1.807) is 0 Å². The number of carbonyl (C=O) groups is 6. The third-order valence-corrected chi connectivity index (χ3v) is 4.52. The topological polar surface area (TPSA) is 139 Å². The van der Waals surface area contributed by atoms with Gasteiger partial charge in [0, 0.05) is 6.42 Å². The Morgan fingerprint density at radius 3 is 1.42 bits per heavy atom. The molecule has 0 amide bonds. The Morgan fingerprint density at radius 1 is 0.613 bits per heavy atom. The zero-order valence-electron chi connectivity index (χ0n) is 15.7. The smallest absolute Gasteiger partial charge is 0.346 e. The summed E-state index contributed by atoms with van der Waals surface area (Å²) < 4.78 is 19.0. The highest BCUT2D eigenvalue weighted by Gasteiger charge is 2.31. The van der Waals surface area contributed by atoms with E-state index in [-0.39, 0.29) is 53.0 Å². The van der Waals surface area contributed by atoms with Gasteiger partial charge in [0.25, 0.3) is 0 Å². The van der Waals surface area contributed by atoms with Crippen molar-refractivity contribution in [3.8, 4) is 0 Å². The molecule has 156 valence electrons. The van der Waals surface area contributed by atoms with Crippen LogP contribution in [0.15, 0.2) is 36.4 Å². The predicted molar refractivity (Wildman–Crippen MR) is 97.6 cm³/mol. The van der Waals surface area contributed by atoms with Crippen LogP contribution >= 0.6 is 0 Å². The lowest BCUT2D eigenvalue weighted by Crippen LogP contribution is -2.12. The van der Waals surface area contributed by atoms with E-state index in [4.69, 9.17) is 9.47 Å². The number of ether oxygens (including phenoxy) is 4. The Labute approximate surface area is 173 Å². The Kier molecular flexibility index (Phi) is 5.04. The van der Waals surface area contributed by atoms with Crippen molar-refractivity contribution in [2.45, 2.75) is 6.42 Å². The molecule has 2 aromatic carbocycles. The number of esters is 6. The second kappa shape index (κ2) is 7.82. The lowest BCUT2D eigenvalue weighted by Gasteiger charge is -2.07. The maximum atomic E-state index is 12.1. The van der Waals surface area contributed by atoms with Crippen molar-refractivity contribution in [1.82, 2.24) is 0 Å². The summed E-state index contributed by atoms with van der Waals surface area (Å²) in [6.07, 6.45) is 0.189. The molecule has 2 heterocycles. The number of carbonyl (C=O) groups excluding carboxylic acids is 6. The van der Waals surface area contributed by atoms with E-state index in [1.165, 1.54) is 36.4 Å². The summed E-state index contributed by atoms with van der Waals surface area (Å²) >= 11 is 0. The fourth-order valence-corrected chi connectivity index (χ4v) is 2.98. The van der Waals surface area contributed by atoms with Gasteiger partial charge in [-0.25, -0.2) is 28.8 Å². The number of hydrogen-bond acceptors (Lipinski definition) is 10. The van der Waals surface area contributed by atoms with E-state index < -0.39 is 35.8 Å². The average Bonchev–Trinajstić information content (AvgIpc) is 3.21. The van der Waals surface area contributed by atoms with Crippen LogP contribution in [0.5, 0.6) is 0 Å². The van der Waals surface area contributed by atoms with Gasteiger partial charge >= 0.3 is 35.8 Å². The second-order valence-corrected chi connectivity index (χ2v) is 6.50. The van der Waals surface area contributed by atoms with E-state index in [0.717, 1.165) is 0 Å². The summed E-state index contributed by atoms with van der Waals surface area (Å²) in [4.78, 5) is 70.1. The van der Waals surface area contributed by atoms with Crippen LogP contribution in [0.25, 0.3) is 0 Å². The third kappa shape index (κ3) is 3.78. The van der Waals surface area contributed by atoms with Crippen LogP contribution in [0.2, 0.25) is 0 Å². The highest BCUT2D eigenvalue weighted by Crippen LogP contribution is 2.22. The average molecular weight is 424 g/mol. The number of benzene rings is 2. The zero-order chi connectivity index (χ0) is 22.1. The van der Waals surface area contributed by atoms with Gasteiger partial charge in [-0.2, -0.15) is 0 Å². The first-order valence-electron chi connectivity index (χ1n) is 9.00. The van der Waals surface area contributed by atoms with Crippen LogP contribution in [-0.4, -0.2) is 49.0 Å². The van der Waals surface area contributed by atoms with Crippen LogP contribution in [0.3, 0.4) is 0 Å². The highest BCUT2D eigenvalue weighted by atomic mass is 16.6. The molecule has 31 heavy (non-hydrogen) atoms. The van der Waals surface area contributed by atoms with Crippen molar-refractivity contribution >= 4 is 35.8 Å². The van der Waals surface area contributed by atoms with Crippen molar-refractivity contribution in [2.75, 3.05) is 13.2 Å². The molecule has 0 unspecified atom stereocenters. The van der Waals surface area contributed by atoms with Crippen LogP contribution < -0.4 is 0 Å². The van der Waals surface area contributed by atoms with Crippen molar-refractivity contribution in [3.63, 3.8) is 0 Å². The molecule has 0 saturated carbocycles. The number of cyclic esters (lactones) is 4. The van der Waals surface area contributed by atoms with Gasteiger partial charge in [-0.15, -0.1) is 0 Å². The standard InChI is InChI=1S/C21H12O10/c22-16(10-2-4-12-14(8-10)20(26)30-18(12)24)28-6-1-7-29-17(23)11-3-5-13-15(9-11)21(27)31-19(13)25/h2-5,8-9H,1,6-7H2. The minimum Gasteiger partial charge on any atom is -0.462 e. The molecule has 2 aliphatic heterocycles. The van der Waals surface area contributed by atoms with Gasteiger partial charge in [-0.05, 0) is 36.4 Å². The van der Waals surface area contributed by atoms with Crippen LogP contribution in [0.1, 0.15) is 68.6 Å². The van der Waals surface area contributed by atoms with Gasteiger partial charge in [-0.1, -0.05) is 0 Å². The van der Waals surface area contributed by atoms with Gasteiger partial charge in [0.1, 0.15) is 0 Å². The first kappa shape index (κ1) is 20.0. The van der Waals surface area contributed by atoms with E-state index in [0.29, 0.717) is 0 Å². The van der Waals surface area contributed by atoms with Gasteiger partial charge in [0.05, 0.1) is 46.6 Å². The Morgan fingerprint density at radius 2 is 1.00 bits per heavy atom. The van der Waals surface area contributed by atoms with E-state index in [2.05, 4.69) is 9.47 Å². The lowest BCUT2D eigenvalue weighted by molar-refractivity contribution is 0.0389. The molecule has 4 rings (SSSR count). The van der Waals surface area contributed by atoms with Gasteiger partial charge < -0.3 is 18.9 Å². The second-order valence-electron chi connectivity index (χ2n) is 6.50. The number of hydrogen-bond donors (Lipinski definition) is 0. The minimum absolute atomic E-state index is 0.00620. The minimum atomic E-state index is -0.828. The number of fused-ring (bicyclic) bond motifs is 2. The summed E-state index contributed by atoms with van der Waals surface area (Å²) in [7, 11) is 0. The Bertz CT molecular complexity index is 1090. The van der Waals surface area contributed by atoms with Gasteiger partial charge in [0.15, 0.2) is 0 Å². The van der Waals surface area contributed by atoms with Crippen molar-refractivity contribution < 1.29 is 47.7 Å². The normalized spacial score (nSPS) is 13.9. The zero-order valence-corrected chi connectivity index (χ0v) is 15.7. The van der Waals surface area contributed by atoms with E-state index >= 15 is 0 Å². The lowest BCUT2D eigenvalue weighted by atomic mass is 10.1. The summed E-state index contributed by atoms with van der Waals surface area (Å²) in [5.41, 5.74) is 0.292. The van der Waals surface area contributed by atoms with Crippen molar-refractivity contribution in [1.29, 1.82) is 0 Å². The summed E-state index contributed by atoms with van der Waals surface area (Å²) in [6.45, 7) is -0.144. The molecule has 0 radical (unpaired) electrons. The molecule has 0 bridgehead atoms. The molecule has 0 spiro atoms. The summed E-state index contributed by atoms with van der Waals surface area (Å²) in [5.74, 6) is -4.63. The Hall–Kier alpha value is -4.34. The molecule has 0 aliphatic carbocycles. The van der Waals surface area contributed by atoms with E-state index in [9.17, 15) is 28.8 Å². The largest absolute Gasteiger partial charge is 0.462 e. The highest BCUT2D eigenvalue weighted by molar-refractivity contribution is 6.16. The Balaban J connectivity index is 1.25. The first-order valence-corrected chi connectivity index (χ1v) is 9.00. The molecule has 2 aromatic rings. The molecular formula is C21H12O10. The van der Waals surface area contributed by atoms with Crippen LogP contribution in [0, 0.1) is 0 Å². The first-order chi connectivity index (χ1) is 14.8. The summed E-state index contributed by atoms with van der Waals surface area (Å²) in [6, 6.07) is 7.72. The maximum Gasteiger partial charge on any atom is 0.346 e. The van der Waals surface area contributed by atoms with Crippen LogP contribution in [0.4, 0.5) is 0 Å². The molecule has 0 saturated heterocycles. The van der Waals surface area contributed by atoms with Crippen molar-refractivity contribution in [2.24, 2.45) is 0 Å². The van der Waals surface area contributed by atoms with Gasteiger partial charge in [0.2, 0.25) is 0 Å². The monoisotopic (exact) mass is 424 g/mol. The maximum absolute atomic E-state index is 12.1. The molecule has 0 aromatic heterocycles. The third-order valence-electron chi connectivity index (χ3n) is 4.52. The van der Waals surface area contributed by atoms with Gasteiger partial charge in [-0.3, -0.25) is 0 Å². The van der Waals surface area contributed by atoms with Crippen molar-refractivity contribution in [3.05, 3.63) is 69.8 Å². The van der Waals surface area contributed by atoms with E-state index in [1.807, 2.05) is 0 Å². The molecule has 2 aliphatic rings. The predicted octanol–water partition coefficient (Wildman–Crippen LogP) is 1.71. The fourth-order valence-electron chi connectivity index (χ4n) is 2.98.